The predicted octanol–water partition coefficient (Wildman–Crippen LogP) is 3.36. The molecule has 2 aliphatic rings. The number of hydrogen-bond donors (Lipinski definition) is 1. The first kappa shape index (κ1) is 13.6. The van der Waals surface area contributed by atoms with Crippen LogP contribution in [0.5, 0.6) is 11.5 Å². The number of ether oxygens (including phenoxy) is 2. The van der Waals surface area contributed by atoms with E-state index in [1.165, 1.54) is 11.3 Å². The van der Waals surface area contributed by atoms with Crippen LogP contribution in [0, 0.1) is 5.92 Å². The summed E-state index contributed by atoms with van der Waals surface area (Å²) in [5, 5.41) is 3.58. The lowest BCUT2D eigenvalue weighted by Gasteiger charge is -2.17. The van der Waals surface area contributed by atoms with Gasteiger partial charge in [-0.15, -0.1) is 0 Å². The minimum absolute atomic E-state index is 0.0527. The number of thiazole rings is 1. The fourth-order valence-electron chi connectivity index (χ4n) is 2.76. The Morgan fingerprint density at radius 2 is 2.05 bits per heavy atom. The zero-order chi connectivity index (χ0) is 14.9. The van der Waals surface area contributed by atoms with Crippen molar-refractivity contribution in [1.29, 1.82) is 0 Å². The molecule has 1 unspecified atom stereocenters. The number of hydrogen-bond acceptors (Lipinski definition) is 5. The molecule has 114 valence electrons. The van der Waals surface area contributed by atoms with Gasteiger partial charge in [0, 0.05) is 18.1 Å². The summed E-state index contributed by atoms with van der Waals surface area (Å²) in [5.74, 6) is 1.58. The lowest BCUT2D eigenvalue weighted by molar-refractivity contribution is -0.120. The largest absolute Gasteiger partial charge is 0.486 e. The van der Waals surface area contributed by atoms with E-state index in [9.17, 15) is 4.79 Å². The van der Waals surface area contributed by atoms with Crippen LogP contribution in [0.3, 0.4) is 0 Å². The molecule has 22 heavy (non-hydrogen) atoms. The van der Waals surface area contributed by atoms with Crippen LogP contribution in [-0.4, -0.2) is 24.1 Å². The Bertz CT molecular complexity index is 710. The maximum absolute atomic E-state index is 12.3. The molecule has 2 heterocycles. The fourth-order valence-corrected chi connectivity index (χ4v) is 3.64. The molecule has 2 aromatic rings. The van der Waals surface area contributed by atoms with Gasteiger partial charge in [-0.1, -0.05) is 23.5 Å². The third-order valence-electron chi connectivity index (χ3n) is 3.92. The second kappa shape index (κ2) is 5.61. The van der Waals surface area contributed by atoms with E-state index in [2.05, 4.69) is 22.5 Å². The van der Waals surface area contributed by atoms with Crippen molar-refractivity contribution in [2.24, 2.45) is 5.92 Å². The first-order valence-corrected chi connectivity index (χ1v) is 8.27. The number of nitrogens with zero attached hydrogens (tertiary/aromatic N) is 1. The van der Waals surface area contributed by atoms with E-state index < -0.39 is 0 Å². The van der Waals surface area contributed by atoms with Gasteiger partial charge in [0.15, 0.2) is 16.6 Å². The number of benzene rings is 1. The summed E-state index contributed by atoms with van der Waals surface area (Å²) in [5.41, 5.74) is 0.827. The monoisotopic (exact) mass is 316 g/mol. The van der Waals surface area contributed by atoms with Gasteiger partial charge in [0.2, 0.25) is 5.91 Å². The van der Waals surface area contributed by atoms with Crippen molar-refractivity contribution in [2.45, 2.75) is 19.3 Å². The first-order valence-electron chi connectivity index (χ1n) is 7.45. The van der Waals surface area contributed by atoms with Gasteiger partial charge in [0.05, 0.1) is 10.2 Å². The third-order valence-corrected chi connectivity index (χ3v) is 4.86. The number of rotatable bonds is 2. The Morgan fingerprint density at radius 1 is 1.23 bits per heavy atom. The summed E-state index contributed by atoms with van der Waals surface area (Å²) in [7, 11) is 0. The number of anilines is 1. The van der Waals surface area contributed by atoms with Gasteiger partial charge in [-0.2, -0.15) is 0 Å². The van der Waals surface area contributed by atoms with E-state index in [1.807, 2.05) is 12.1 Å². The van der Waals surface area contributed by atoms with Crippen LogP contribution in [-0.2, 0) is 4.79 Å². The topological polar surface area (TPSA) is 60.5 Å². The van der Waals surface area contributed by atoms with Gasteiger partial charge in [-0.3, -0.25) is 4.79 Å². The highest BCUT2D eigenvalue weighted by Crippen LogP contribution is 2.38. The molecule has 0 radical (unpaired) electrons. The molecule has 0 bridgehead atoms. The summed E-state index contributed by atoms with van der Waals surface area (Å²) in [4.78, 5) is 16.8. The molecule has 0 saturated carbocycles. The van der Waals surface area contributed by atoms with Crippen LogP contribution >= 0.6 is 11.3 Å². The molecule has 1 amide bonds. The highest BCUT2D eigenvalue weighted by atomic mass is 32.1. The van der Waals surface area contributed by atoms with Crippen molar-refractivity contribution >= 4 is 32.6 Å². The van der Waals surface area contributed by atoms with Crippen molar-refractivity contribution < 1.29 is 14.3 Å². The van der Waals surface area contributed by atoms with Crippen molar-refractivity contribution in [2.75, 3.05) is 18.5 Å². The molecule has 1 aromatic carbocycles. The number of fused-ring (bicyclic) bond motifs is 2. The van der Waals surface area contributed by atoms with Crippen molar-refractivity contribution in [3.05, 3.63) is 24.3 Å². The zero-order valence-corrected chi connectivity index (χ0v) is 12.8. The summed E-state index contributed by atoms with van der Waals surface area (Å²) < 4.78 is 12.1. The molecule has 1 aromatic heterocycles. The fraction of sp³-hybridized carbons (Fsp3) is 0.375. The molecule has 0 spiro atoms. The maximum atomic E-state index is 12.3. The standard InChI is InChI=1S/C16H16N2O3S/c19-15(10-4-2-1-3-5-10)18-16-17-11-8-12-13(9-14(11)22-16)21-7-6-20-12/h1-2,8-10H,3-7H2,(H,17,18,19). The number of aromatic nitrogens is 1. The predicted molar refractivity (Wildman–Crippen MR) is 85.7 cm³/mol. The van der Waals surface area contributed by atoms with E-state index in [0.717, 1.165) is 41.0 Å². The molecule has 6 heteroatoms. The number of allylic oxidation sites excluding steroid dienone is 2. The molecule has 5 nitrogen and oxygen atoms in total. The van der Waals surface area contributed by atoms with Crippen LogP contribution in [0.15, 0.2) is 24.3 Å². The molecule has 1 atom stereocenters. The van der Waals surface area contributed by atoms with Crippen LogP contribution in [0.4, 0.5) is 5.13 Å². The van der Waals surface area contributed by atoms with Gasteiger partial charge >= 0.3 is 0 Å². The molecule has 4 rings (SSSR count). The quantitative estimate of drug-likeness (QED) is 0.863. The van der Waals surface area contributed by atoms with Crippen molar-refractivity contribution in [3.63, 3.8) is 0 Å². The molecular weight excluding hydrogens is 300 g/mol. The summed E-state index contributed by atoms with van der Waals surface area (Å²) >= 11 is 1.47. The molecule has 1 aliphatic heterocycles. The second-order valence-electron chi connectivity index (χ2n) is 5.45. The Kier molecular flexibility index (Phi) is 3.46. The van der Waals surface area contributed by atoms with E-state index in [0.29, 0.717) is 18.3 Å². The van der Waals surface area contributed by atoms with E-state index in [1.54, 1.807) is 0 Å². The smallest absolute Gasteiger partial charge is 0.229 e. The van der Waals surface area contributed by atoms with Crippen LogP contribution in [0.25, 0.3) is 10.2 Å². The average molecular weight is 316 g/mol. The van der Waals surface area contributed by atoms with E-state index >= 15 is 0 Å². The third kappa shape index (κ3) is 2.54. The maximum Gasteiger partial charge on any atom is 0.229 e. The average Bonchev–Trinajstić information content (AvgIpc) is 2.94. The van der Waals surface area contributed by atoms with Crippen LogP contribution in [0.2, 0.25) is 0 Å². The van der Waals surface area contributed by atoms with Crippen LogP contribution < -0.4 is 14.8 Å². The van der Waals surface area contributed by atoms with Gasteiger partial charge in [-0.05, 0) is 19.3 Å². The molecule has 0 saturated heterocycles. The van der Waals surface area contributed by atoms with Crippen molar-refractivity contribution in [3.8, 4) is 11.5 Å². The van der Waals surface area contributed by atoms with E-state index in [-0.39, 0.29) is 11.8 Å². The summed E-state index contributed by atoms with van der Waals surface area (Å²) in [6, 6.07) is 3.81. The molecular formula is C16H16N2O3S. The minimum Gasteiger partial charge on any atom is -0.486 e. The Hall–Kier alpha value is -2.08. The van der Waals surface area contributed by atoms with Crippen molar-refractivity contribution in [1.82, 2.24) is 4.98 Å². The number of amides is 1. The number of carbonyl (C=O) groups excluding carboxylic acids is 1. The van der Waals surface area contributed by atoms with Gasteiger partial charge in [0.25, 0.3) is 0 Å². The summed E-state index contributed by atoms with van der Waals surface area (Å²) in [6.45, 7) is 1.12. The Balaban J connectivity index is 1.57. The normalized spacial score (nSPS) is 20.1. The van der Waals surface area contributed by atoms with Gasteiger partial charge in [0.1, 0.15) is 13.2 Å². The zero-order valence-electron chi connectivity index (χ0n) is 12.0. The van der Waals surface area contributed by atoms with Gasteiger partial charge in [-0.25, -0.2) is 4.98 Å². The second-order valence-corrected chi connectivity index (χ2v) is 6.48. The molecule has 0 fully saturated rings. The van der Waals surface area contributed by atoms with Crippen LogP contribution in [0.1, 0.15) is 19.3 Å². The minimum atomic E-state index is 0.0527. The summed E-state index contributed by atoms with van der Waals surface area (Å²) in [6.07, 6.45) is 6.90. The number of nitrogens with one attached hydrogen (secondary N) is 1. The Morgan fingerprint density at radius 3 is 2.82 bits per heavy atom. The highest BCUT2D eigenvalue weighted by Gasteiger charge is 2.21. The first-order chi connectivity index (χ1) is 10.8. The number of carbonyl (C=O) groups is 1. The highest BCUT2D eigenvalue weighted by molar-refractivity contribution is 7.22. The molecule has 1 aliphatic carbocycles. The lowest BCUT2D eigenvalue weighted by atomic mass is 9.94. The Labute approximate surface area is 131 Å². The molecule has 1 N–H and O–H groups in total. The SMILES string of the molecule is O=C(Nc1nc2cc3c(cc2s1)OCCO3)C1CC=CCC1. The van der Waals surface area contributed by atoms with Gasteiger partial charge < -0.3 is 14.8 Å². The van der Waals surface area contributed by atoms with E-state index in [4.69, 9.17) is 9.47 Å². The lowest BCUT2D eigenvalue weighted by Crippen LogP contribution is -2.23.